The molecule has 0 radical (unpaired) electrons. The molecule has 0 bridgehead atoms. The molecule has 4 aromatic rings. The van der Waals surface area contributed by atoms with Crippen molar-refractivity contribution in [2.75, 3.05) is 0 Å². The maximum atomic E-state index is 14.6. The zero-order valence-corrected chi connectivity index (χ0v) is 17.7. The van der Waals surface area contributed by atoms with Gasteiger partial charge in [-0.05, 0) is 29.8 Å². The highest BCUT2D eigenvalue weighted by molar-refractivity contribution is 5.33. The minimum Gasteiger partial charge on any atom is -0.310 e. The van der Waals surface area contributed by atoms with E-state index in [0.717, 1.165) is 24.3 Å². The van der Waals surface area contributed by atoms with Crippen molar-refractivity contribution in [2.24, 2.45) is 5.73 Å². The van der Waals surface area contributed by atoms with E-state index in [1.165, 1.54) is 18.2 Å². The van der Waals surface area contributed by atoms with Crippen LogP contribution in [0.2, 0.25) is 0 Å². The van der Waals surface area contributed by atoms with Gasteiger partial charge in [-0.15, -0.1) is 0 Å². The fourth-order valence-electron chi connectivity index (χ4n) is 3.65. The van der Waals surface area contributed by atoms with Crippen LogP contribution >= 0.6 is 0 Å². The maximum absolute atomic E-state index is 14.6. The average Bonchev–Trinajstić information content (AvgIpc) is 2.80. The number of nitrogens with two attached hydrogens (primary N) is 1. The average molecular weight is 468 g/mol. The Hall–Kier alpha value is -4.18. The van der Waals surface area contributed by atoms with E-state index >= 15 is 0 Å². The normalized spacial score (nSPS) is 12.0. The molecule has 3 aromatic carbocycles. The Morgan fingerprint density at radius 3 is 1.94 bits per heavy atom. The fourth-order valence-corrected chi connectivity index (χ4v) is 3.65. The third-order valence-corrected chi connectivity index (χ3v) is 5.35. The summed E-state index contributed by atoms with van der Waals surface area (Å²) in [6, 6.07) is 16.7. The van der Waals surface area contributed by atoms with Crippen LogP contribution in [0.25, 0.3) is 5.69 Å². The van der Waals surface area contributed by atoms with E-state index in [0.29, 0.717) is 19.3 Å². The number of hydrogen-bond donors (Lipinski definition) is 1. The van der Waals surface area contributed by atoms with Crippen LogP contribution in [0.5, 0.6) is 0 Å². The molecule has 0 spiro atoms. The number of para-hydroxylation sites is 1. The van der Waals surface area contributed by atoms with Crippen LogP contribution in [0.4, 0.5) is 13.2 Å². The zero-order valence-electron chi connectivity index (χ0n) is 17.7. The van der Waals surface area contributed by atoms with Crippen molar-refractivity contribution in [1.82, 2.24) is 13.7 Å². The molecule has 2 N–H and O–H groups in total. The SMILES string of the molecule is N[C@@H](Cc1ccccc1)n1c(=O)n(Cc2c(F)cccc2F)c(=O)n(-c2ccccc2F)c1=O. The summed E-state index contributed by atoms with van der Waals surface area (Å²) < 4.78 is 44.6. The van der Waals surface area contributed by atoms with Gasteiger partial charge in [0.15, 0.2) is 0 Å². The molecular weight excluding hydrogens is 449 g/mol. The molecule has 4 rings (SSSR count). The molecule has 1 aromatic heterocycles. The van der Waals surface area contributed by atoms with E-state index in [2.05, 4.69) is 0 Å². The van der Waals surface area contributed by atoms with Crippen LogP contribution in [0, 0.1) is 17.5 Å². The second kappa shape index (κ2) is 9.36. The lowest BCUT2D eigenvalue weighted by molar-refractivity contribution is 0.416. The van der Waals surface area contributed by atoms with E-state index in [-0.39, 0.29) is 6.42 Å². The molecule has 7 nitrogen and oxygen atoms in total. The van der Waals surface area contributed by atoms with Crippen LogP contribution in [-0.2, 0) is 13.0 Å². The van der Waals surface area contributed by atoms with Crippen molar-refractivity contribution < 1.29 is 13.2 Å². The highest BCUT2D eigenvalue weighted by Crippen LogP contribution is 2.13. The first-order chi connectivity index (χ1) is 16.3. The van der Waals surface area contributed by atoms with E-state index in [1.54, 1.807) is 30.3 Å². The molecule has 0 aliphatic carbocycles. The molecule has 0 unspecified atom stereocenters. The number of halogens is 3. The van der Waals surface area contributed by atoms with Crippen molar-refractivity contribution in [3.63, 3.8) is 0 Å². The molecule has 10 heteroatoms. The van der Waals surface area contributed by atoms with Crippen LogP contribution in [0.3, 0.4) is 0 Å². The quantitative estimate of drug-likeness (QED) is 0.470. The Balaban J connectivity index is 1.98. The molecule has 0 aliphatic heterocycles. The van der Waals surface area contributed by atoms with Crippen LogP contribution in [0.15, 0.2) is 87.2 Å². The van der Waals surface area contributed by atoms with Gasteiger partial charge >= 0.3 is 17.1 Å². The van der Waals surface area contributed by atoms with E-state index in [4.69, 9.17) is 5.73 Å². The number of nitrogens with zero attached hydrogens (tertiary/aromatic N) is 3. The fraction of sp³-hybridized carbons (Fsp3) is 0.125. The first-order valence-corrected chi connectivity index (χ1v) is 10.2. The second-order valence-electron chi connectivity index (χ2n) is 7.55. The van der Waals surface area contributed by atoms with Gasteiger partial charge in [-0.3, -0.25) is 0 Å². The largest absolute Gasteiger partial charge is 0.342 e. The minimum absolute atomic E-state index is 0.0273. The number of rotatable bonds is 6. The van der Waals surface area contributed by atoms with E-state index in [9.17, 15) is 27.6 Å². The summed E-state index contributed by atoms with van der Waals surface area (Å²) in [7, 11) is 0. The molecule has 1 atom stereocenters. The van der Waals surface area contributed by atoms with Crippen LogP contribution < -0.4 is 22.8 Å². The van der Waals surface area contributed by atoms with E-state index < -0.39 is 58.5 Å². The Labute approximate surface area is 190 Å². The lowest BCUT2D eigenvalue weighted by Crippen LogP contribution is -2.56. The second-order valence-corrected chi connectivity index (χ2v) is 7.55. The predicted molar refractivity (Wildman–Crippen MR) is 119 cm³/mol. The van der Waals surface area contributed by atoms with Gasteiger partial charge in [0.25, 0.3) is 0 Å². The standard InChI is InChI=1S/C24H19F3N4O3/c25-17-10-6-11-18(26)16(17)14-29-22(32)30(20-12-5-4-9-19(20)27)24(34)31(23(29)33)21(28)13-15-7-2-1-3-8-15/h1-12,21H,13-14,28H2/t21-/m1/s1. The van der Waals surface area contributed by atoms with Gasteiger partial charge in [0.05, 0.1) is 18.4 Å². The van der Waals surface area contributed by atoms with Crippen LogP contribution in [-0.4, -0.2) is 13.7 Å². The summed E-state index contributed by atoms with van der Waals surface area (Å²) >= 11 is 0. The Bertz CT molecular complexity index is 1510. The van der Waals surface area contributed by atoms with Crippen molar-refractivity contribution in [3.8, 4) is 5.69 Å². The molecule has 174 valence electrons. The van der Waals surface area contributed by atoms with Gasteiger partial charge in [-0.1, -0.05) is 48.5 Å². The zero-order chi connectivity index (χ0) is 24.4. The third-order valence-electron chi connectivity index (χ3n) is 5.35. The van der Waals surface area contributed by atoms with Crippen molar-refractivity contribution in [2.45, 2.75) is 19.1 Å². The van der Waals surface area contributed by atoms with E-state index in [1.807, 2.05) is 0 Å². The Morgan fingerprint density at radius 1 is 0.706 bits per heavy atom. The van der Waals surface area contributed by atoms with Crippen molar-refractivity contribution >= 4 is 0 Å². The molecule has 0 saturated heterocycles. The van der Waals surface area contributed by atoms with Gasteiger partial charge < -0.3 is 5.73 Å². The smallest absolute Gasteiger partial charge is 0.310 e. The number of hydrogen-bond acceptors (Lipinski definition) is 4. The number of aromatic nitrogens is 3. The Kier molecular flexibility index (Phi) is 6.33. The molecule has 34 heavy (non-hydrogen) atoms. The summed E-state index contributed by atoms with van der Waals surface area (Å²) in [4.78, 5) is 39.7. The lowest BCUT2D eigenvalue weighted by Gasteiger charge is -2.19. The summed E-state index contributed by atoms with van der Waals surface area (Å²) in [6.45, 7) is -0.830. The summed E-state index contributed by atoms with van der Waals surface area (Å²) in [5.74, 6) is -2.89. The first kappa shape index (κ1) is 23.0. The molecule has 1 heterocycles. The highest BCUT2D eigenvalue weighted by Gasteiger charge is 2.23. The summed E-state index contributed by atoms with van der Waals surface area (Å²) in [5.41, 5.74) is 2.27. The van der Waals surface area contributed by atoms with Gasteiger partial charge in [-0.25, -0.2) is 41.3 Å². The van der Waals surface area contributed by atoms with Gasteiger partial charge in [0, 0.05) is 12.0 Å². The molecule has 0 fully saturated rings. The Morgan fingerprint density at radius 2 is 1.29 bits per heavy atom. The molecule has 0 saturated carbocycles. The molecular formula is C24H19F3N4O3. The maximum Gasteiger partial charge on any atom is 0.342 e. The summed E-state index contributed by atoms with van der Waals surface area (Å²) in [6.07, 6.45) is -1.22. The van der Waals surface area contributed by atoms with Crippen LogP contribution in [0.1, 0.15) is 17.3 Å². The minimum atomic E-state index is -1.26. The van der Waals surface area contributed by atoms with Crippen molar-refractivity contribution in [3.05, 3.63) is 133 Å². The van der Waals surface area contributed by atoms with Gasteiger partial charge in [-0.2, -0.15) is 0 Å². The highest BCUT2D eigenvalue weighted by atomic mass is 19.1. The van der Waals surface area contributed by atoms with Gasteiger partial charge in [0.2, 0.25) is 0 Å². The molecule has 0 amide bonds. The van der Waals surface area contributed by atoms with Crippen molar-refractivity contribution in [1.29, 1.82) is 0 Å². The predicted octanol–water partition coefficient (Wildman–Crippen LogP) is 2.33. The monoisotopic (exact) mass is 468 g/mol. The number of benzene rings is 3. The molecule has 0 aliphatic rings. The lowest BCUT2D eigenvalue weighted by atomic mass is 10.1. The topological polar surface area (TPSA) is 92.0 Å². The van der Waals surface area contributed by atoms with Gasteiger partial charge in [0.1, 0.15) is 17.5 Å². The first-order valence-electron chi connectivity index (χ1n) is 10.2. The summed E-state index contributed by atoms with van der Waals surface area (Å²) in [5, 5.41) is 0. The third kappa shape index (κ3) is 4.23.